The average Bonchev–Trinajstić information content (AvgIpc) is 2.80. The van der Waals surface area contributed by atoms with Gasteiger partial charge in [0.15, 0.2) is 0 Å². The average molecular weight is 263 g/mol. The quantitative estimate of drug-likeness (QED) is 0.767. The van der Waals surface area contributed by atoms with Crippen molar-refractivity contribution >= 4 is 0 Å². The number of hydrogen-bond donors (Lipinski definition) is 1. The van der Waals surface area contributed by atoms with Crippen LogP contribution in [0.2, 0.25) is 0 Å². The Hall–Kier alpha value is -1.06. The fraction of sp³-hybridized carbons (Fsp3) is 0.625. The summed E-state index contributed by atoms with van der Waals surface area (Å²) in [7, 11) is 2.02. The van der Waals surface area contributed by atoms with Crippen molar-refractivity contribution in [2.24, 2.45) is 5.92 Å². The molecule has 106 valence electrons. The smallest absolute Gasteiger partial charge is 0.119 e. The van der Waals surface area contributed by atoms with E-state index >= 15 is 0 Å². The Balaban J connectivity index is 1.79. The summed E-state index contributed by atoms with van der Waals surface area (Å²) >= 11 is 0. The van der Waals surface area contributed by atoms with Crippen LogP contribution in [-0.2, 0) is 11.2 Å². The second kappa shape index (κ2) is 6.92. The van der Waals surface area contributed by atoms with Crippen molar-refractivity contribution in [1.82, 2.24) is 5.32 Å². The van der Waals surface area contributed by atoms with Gasteiger partial charge in [0.05, 0.1) is 6.61 Å². The molecule has 0 aromatic heterocycles. The largest absolute Gasteiger partial charge is 0.491 e. The highest BCUT2D eigenvalue weighted by atomic mass is 16.5. The zero-order valence-electron chi connectivity index (χ0n) is 12.2. The minimum atomic E-state index is 0.512. The van der Waals surface area contributed by atoms with Gasteiger partial charge in [0.1, 0.15) is 12.4 Å². The van der Waals surface area contributed by atoms with Crippen LogP contribution >= 0.6 is 0 Å². The molecule has 0 amide bonds. The Bertz CT molecular complexity index is 404. The van der Waals surface area contributed by atoms with Gasteiger partial charge in [0.2, 0.25) is 0 Å². The Morgan fingerprint density at radius 1 is 1.32 bits per heavy atom. The van der Waals surface area contributed by atoms with E-state index in [1.54, 1.807) is 0 Å². The lowest BCUT2D eigenvalue weighted by molar-refractivity contribution is 0.0819. The summed E-state index contributed by atoms with van der Waals surface area (Å²) < 4.78 is 11.2. The second-order valence-electron chi connectivity index (χ2n) is 5.56. The van der Waals surface area contributed by atoms with Gasteiger partial charge in [-0.3, -0.25) is 0 Å². The lowest BCUT2D eigenvalue weighted by Crippen LogP contribution is -2.12. The normalized spacial score (nSPS) is 17.8. The fourth-order valence-corrected chi connectivity index (χ4v) is 2.52. The molecule has 19 heavy (non-hydrogen) atoms. The number of nitrogens with one attached hydrogen (secondary N) is 1. The number of ether oxygens (including phenoxy) is 2. The third kappa shape index (κ3) is 3.95. The number of benzene rings is 1. The maximum Gasteiger partial charge on any atom is 0.119 e. The van der Waals surface area contributed by atoms with Gasteiger partial charge in [0, 0.05) is 12.6 Å². The van der Waals surface area contributed by atoms with E-state index in [1.165, 1.54) is 17.5 Å². The van der Waals surface area contributed by atoms with E-state index in [2.05, 4.69) is 37.4 Å². The molecular weight excluding hydrogens is 238 g/mol. The van der Waals surface area contributed by atoms with Crippen molar-refractivity contribution in [2.75, 3.05) is 26.9 Å². The molecule has 0 fully saturated rings. The van der Waals surface area contributed by atoms with Crippen molar-refractivity contribution in [3.05, 3.63) is 29.3 Å². The van der Waals surface area contributed by atoms with E-state index in [0.717, 1.165) is 18.8 Å². The number of rotatable bonds is 7. The summed E-state index contributed by atoms with van der Waals surface area (Å²) in [6.45, 7) is 6.39. The van der Waals surface area contributed by atoms with Crippen LogP contribution in [0.4, 0.5) is 0 Å². The van der Waals surface area contributed by atoms with Crippen LogP contribution < -0.4 is 10.1 Å². The summed E-state index contributed by atoms with van der Waals surface area (Å²) in [5.41, 5.74) is 2.84. The molecule has 0 saturated heterocycles. The van der Waals surface area contributed by atoms with Gasteiger partial charge in [-0.1, -0.05) is 19.9 Å². The summed E-state index contributed by atoms with van der Waals surface area (Å²) in [6, 6.07) is 6.94. The van der Waals surface area contributed by atoms with E-state index in [9.17, 15) is 0 Å². The zero-order chi connectivity index (χ0) is 13.7. The third-order valence-electron chi connectivity index (χ3n) is 3.49. The lowest BCUT2D eigenvalue weighted by atomic mass is 10.1. The molecular formula is C16H25NO2. The van der Waals surface area contributed by atoms with E-state index in [4.69, 9.17) is 9.47 Å². The molecule has 0 radical (unpaired) electrons. The van der Waals surface area contributed by atoms with Crippen molar-refractivity contribution in [3.63, 3.8) is 0 Å². The zero-order valence-corrected chi connectivity index (χ0v) is 12.2. The fourth-order valence-electron chi connectivity index (χ4n) is 2.52. The van der Waals surface area contributed by atoms with Crippen LogP contribution in [0.25, 0.3) is 0 Å². The highest BCUT2D eigenvalue weighted by molar-refractivity contribution is 5.40. The second-order valence-corrected chi connectivity index (χ2v) is 5.56. The van der Waals surface area contributed by atoms with Gasteiger partial charge >= 0.3 is 0 Å². The molecule has 0 spiro atoms. The Morgan fingerprint density at radius 3 is 2.89 bits per heavy atom. The minimum absolute atomic E-state index is 0.512. The summed E-state index contributed by atoms with van der Waals surface area (Å²) in [5.74, 6) is 1.54. The molecule has 1 atom stereocenters. The van der Waals surface area contributed by atoms with Crippen LogP contribution in [0.1, 0.15) is 37.4 Å². The maximum absolute atomic E-state index is 5.74. The topological polar surface area (TPSA) is 30.5 Å². The minimum Gasteiger partial charge on any atom is -0.491 e. The van der Waals surface area contributed by atoms with Crippen LogP contribution in [0.5, 0.6) is 5.75 Å². The van der Waals surface area contributed by atoms with Gasteiger partial charge in [-0.15, -0.1) is 0 Å². The Labute approximate surface area is 116 Å². The van der Waals surface area contributed by atoms with E-state index < -0.39 is 0 Å². The van der Waals surface area contributed by atoms with Crippen LogP contribution in [0.15, 0.2) is 18.2 Å². The molecule has 3 heteroatoms. The van der Waals surface area contributed by atoms with Crippen LogP contribution in [0.3, 0.4) is 0 Å². The van der Waals surface area contributed by atoms with Crippen LogP contribution in [0, 0.1) is 5.92 Å². The standard InChI is InChI=1S/C16H25NO2/c1-12(2)11-18-8-9-19-14-5-6-15-13(10-14)4-7-16(15)17-3/h5-6,10,12,16-17H,4,7-9,11H2,1-3H3. The molecule has 1 aromatic rings. The van der Waals surface area contributed by atoms with Gasteiger partial charge in [0.25, 0.3) is 0 Å². The summed E-state index contributed by atoms with van der Waals surface area (Å²) in [4.78, 5) is 0. The first-order valence-electron chi connectivity index (χ1n) is 7.21. The lowest BCUT2D eigenvalue weighted by Gasteiger charge is -2.12. The molecule has 3 nitrogen and oxygen atoms in total. The third-order valence-corrected chi connectivity index (χ3v) is 3.49. The number of fused-ring (bicyclic) bond motifs is 1. The molecule has 0 heterocycles. The molecule has 1 aliphatic carbocycles. The first-order valence-corrected chi connectivity index (χ1v) is 7.21. The van der Waals surface area contributed by atoms with E-state index in [-0.39, 0.29) is 0 Å². The molecule has 1 aliphatic rings. The van der Waals surface area contributed by atoms with Crippen molar-refractivity contribution in [1.29, 1.82) is 0 Å². The molecule has 0 bridgehead atoms. The first-order chi connectivity index (χ1) is 9.20. The Morgan fingerprint density at radius 2 is 2.16 bits per heavy atom. The van der Waals surface area contributed by atoms with Gasteiger partial charge < -0.3 is 14.8 Å². The molecule has 0 saturated carbocycles. The molecule has 2 rings (SSSR count). The maximum atomic E-state index is 5.74. The van der Waals surface area contributed by atoms with E-state index in [0.29, 0.717) is 25.2 Å². The van der Waals surface area contributed by atoms with Crippen molar-refractivity contribution in [2.45, 2.75) is 32.7 Å². The predicted octanol–water partition coefficient (Wildman–Crippen LogP) is 2.94. The molecule has 0 aliphatic heterocycles. The predicted molar refractivity (Wildman–Crippen MR) is 77.7 cm³/mol. The van der Waals surface area contributed by atoms with Gasteiger partial charge in [-0.2, -0.15) is 0 Å². The van der Waals surface area contributed by atoms with Gasteiger partial charge in [-0.25, -0.2) is 0 Å². The highest BCUT2D eigenvalue weighted by Crippen LogP contribution is 2.33. The SMILES string of the molecule is CNC1CCc2cc(OCCOCC(C)C)ccc21. The van der Waals surface area contributed by atoms with Crippen molar-refractivity contribution < 1.29 is 9.47 Å². The molecule has 1 unspecified atom stereocenters. The summed E-state index contributed by atoms with van der Waals surface area (Å²) in [5, 5.41) is 3.35. The van der Waals surface area contributed by atoms with Crippen LogP contribution in [-0.4, -0.2) is 26.9 Å². The molecule has 1 N–H and O–H groups in total. The monoisotopic (exact) mass is 263 g/mol. The number of hydrogen-bond acceptors (Lipinski definition) is 3. The Kier molecular flexibility index (Phi) is 5.23. The summed E-state index contributed by atoms with van der Waals surface area (Å²) in [6.07, 6.45) is 2.33. The molecule has 1 aromatic carbocycles. The van der Waals surface area contributed by atoms with Crippen molar-refractivity contribution in [3.8, 4) is 5.75 Å². The number of aryl methyl sites for hydroxylation is 1. The van der Waals surface area contributed by atoms with E-state index in [1.807, 2.05) is 7.05 Å². The first kappa shape index (κ1) is 14.4. The van der Waals surface area contributed by atoms with Gasteiger partial charge in [-0.05, 0) is 49.1 Å². The highest BCUT2D eigenvalue weighted by Gasteiger charge is 2.20.